The van der Waals surface area contributed by atoms with Crippen LogP contribution in [-0.4, -0.2) is 61.0 Å². The van der Waals surface area contributed by atoms with Gasteiger partial charge >= 0.3 is 0 Å². The molecule has 19 heteroatoms. The molecule has 0 saturated carbocycles. The Morgan fingerprint density at radius 3 is 1.64 bits per heavy atom. The van der Waals surface area contributed by atoms with E-state index in [1.165, 1.54) is 0 Å². The minimum atomic E-state index is -1.18. The van der Waals surface area contributed by atoms with Crippen LogP contribution in [-0.2, 0) is 16.0 Å². The molecule has 6 N–H and O–H groups in total. The second kappa shape index (κ2) is 20.1. The van der Waals surface area contributed by atoms with Crippen LogP contribution in [0.3, 0.4) is 0 Å². The quantitative estimate of drug-likeness (QED) is 0.0428. The van der Waals surface area contributed by atoms with Crippen molar-refractivity contribution in [2.75, 3.05) is 13.1 Å². The summed E-state index contributed by atoms with van der Waals surface area (Å²) in [6, 6.07) is 6.50. The van der Waals surface area contributed by atoms with Crippen LogP contribution in [0.15, 0.2) is 30.3 Å². The summed E-state index contributed by atoms with van der Waals surface area (Å²) in [6.07, 6.45) is 0.687. The first-order chi connectivity index (χ1) is 24.9. The van der Waals surface area contributed by atoms with Gasteiger partial charge in [-0.2, -0.15) is 0 Å². The van der Waals surface area contributed by atoms with Gasteiger partial charge in [0.2, 0.25) is 11.8 Å². The fourth-order valence-electron chi connectivity index (χ4n) is 4.99. The Hall–Kier alpha value is -3.00. The van der Waals surface area contributed by atoms with Gasteiger partial charge in [0, 0.05) is 25.1 Å². The molecule has 5 amide bonds. The third kappa shape index (κ3) is 11.0. The van der Waals surface area contributed by atoms with E-state index in [1.807, 2.05) is 13.8 Å². The van der Waals surface area contributed by atoms with E-state index in [4.69, 9.17) is 98.5 Å². The number of rotatable bonds is 16. The molecule has 53 heavy (non-hydrogen) atoms. The van der Waals surface area contributed by atoms with E-state index in [0.29, 0.717) is 11.8 Å². The highest BCUT2D eigenvalue weighted by Crippen LogP contribution is 2.42. The van der Waals surface area contributed by atoms with Crippen LogP contribution in [0, 0.1) is 5.92 Å². The van der Waals surface area contributed by atoms with Crippen molar-refractivity contribution >= 4 is 129 Å². The molecule has 0 bridgehead atoms. The first kappa shape index (κ1) is 44.4. The molecule has 0 spiro atoms. The first-order valence-corrected chi connectivity index (χ1v) is 18.6. The number of amides is 5. The lowest BCUT2D eigenvalue weighted by Gasteiger charge is -2.21. The van der Waals surface area contributed by atoms with Crippen molar-refractivity contribution in [2.45, 2.75) is 45.2 Å². The summed E-state index contributed by atoms with van der Waals surface area (Å²) in [5.41, 5.74) is 4.65. The Balaban J connectivity index is 1.76. The number of nitrogens with one attached hydrogen (secondary N) is 4. The van der Waals surface area contributed by atoms with E-state index < -0.39 is 52.7 Å². The number of benzene rings is 3. The predicted octanol–water partition coefficient (Wildman–Crippen LogP) is 7.63. The van der Waals surface area contributed by atoms with Crippen LogP contribution in [0.1, 0.15) is 73.7 Å². The minimum Gasteiger partial charge on any atom is -0.368 e. The maximum absolute atomic E-state index is 13.4. The van der Waals surface area contributed by atoms with E-state index >= 15 is 0 Å². The molecule has 0 aliphatic rings. The number of carbonyl (C=O) groups excluding carboxylic acids is 6. The molecule has 0 radical (unpaired) electrons. The van der Waals surface area contributed by atoms with Gasteiger partial charge < -0.3 is 27.0 Å². The molecule has 0 heterocycles. The number of primary amides is 1. The number of hydrogen-bond donors (Lipinski definition) is 5. The van der Waals surface area contributed by atoms with Crippen molar-refractivity contribution in [3.05, 3.63) is 98.3 Å². The molecule has 284 valence electrons. The van der Waals surface area contributed by atoms with Crippen molar-refractivity contribution in [1.82, 2.24) is 21.3 Å². The number of hydrogen-bond acceptors (Lipinski definition) is 6. The number of nitrogens with two attached hydrogens (primary N) is 1. The summed E-state index contributed by atoms with van der Waals surface area (Å²) in [4.78, 5) is 77.4. The van der Waals surface area contributed by atoms with Crippen molar-refractivity contribution in [3.8, 4) is 0 Å². The second-order valence-electron chi connectivity index (χ2n) is 11.8. The number of halogens is 8. The fourth-order valence-corrected chi connectivity index (χ4v) is 7.01. The Kier molecular flexibility index (Phi) is 16.8. The van der Waals surface area contributed by atoms with Gasteiger partial charge in [-0.1, -0.05) is 137 Å². The SMILES string of the molecule is CC(C)C[C@H](NC(=O)c1c(Cl)c(Cl)c(Cl)c(Cl)c1C(=O)NCCCNC(=O)[C@H](Cc1ccccc1)NC(=O)c1c(Cl)c(Cl)c(Cl)c(Cl)c1C=O)C(N)=O. The number of aldehydes is 1. The second-order valence-corrected chi connectivity index (χ2v) is 14.9. The molecular weight excluding hydrogens is 858 g/mol. The van der Waals surface area contributed by atoms with Crippen LogP contribution in [0.2, 0.25) is 40.2 Å². The Morgan fingerprint density at radius 2 is 1.11 bits per heavy atom. The average Bonchev–Trinajstić information content (AvgIpc) is 3.11. The van der Waals surface area contributed by atoms with Crippen molar-refractivity contribution in [3.63, 3.8) is 0 Å². The highest BCUT2D eigenvalue weighted by Gasteiger charge is 2.32. The van der Waals surface area contributed by atoms with Crippen LogP contribution < -0.4 is 27.0 Å². The van der Waals surface area contributed by atoms with Gasteiger partial charge in [0.15, 0.2) is 6.29 Å². The normalized spacial score (nSPS) is 12.1. The lowest BCUT2D eigenvalue weighted by Crippen LogP contribution is -2.48. The molecule has 0 saturated heterocycles. The van der Waals surface area contributed by atoms with E-state index in [0.717, 1.165) is 0 Å². The Morgan fingerprint density at radius 1 is 0.642 bits per heavy atom. The van der Waals surface area contributed by atoms with Crippen molar-refractivity contribution < 1.29 is 28.8 Å². The molecule has 11 nitrogen and oxygen atoms in total. The van der Waals surface area contributed by atoms with Gasteiger partial charge in [0.05, 0.1) is 56.9 Å². The molecule has 0 aliphatic heterocycles. The monoisotopic (exact) mass is 885 g/mol. The largest absolute Gasteiger partial charge is 0.368 e. The van der Waals surface area contributed by atoms with Crippen LogP contribution in [0.25, 0.3) is 0 Å². The first-order valence-electron chi connectivity index (χ1n) is 15.6. The Bertz CT molecular complexity index is 1930. The minimum absolute atomic E-state index is 0.00207. The lowest BCUT2D eigenvalue weighted by atomic mass is 10.0. The molecule has 3 aromatic rings. The topological polar surface area (TPSA) is 177 Å². The van der Waals surface area contributed by atoms with Crippen LogP contribution >= 0.6 is 92.8 Å². The standard InChI is InChI=1S/C34H31Cl8N5O6/c1-14(2)11-17(30(43)49)46-34(53)21-20(24(37)28(41)29(42)25(21)38)32(51)45-10-6-9-44-31(50)18(12-15-7-4-3-5-8-15)47-33(52)19-16(13-48)22(35)26(39)27(40)23(19)36/h3-5,7-8,13-14,17-18H,6,9-12H2,1-2H3,(H2,43,49)(H,44,50)(H,45,51)(H,46,53)(H,47,52)/t17-,18-/m0/s1. The molecule has 0 aromatic heterocycles. The third-order valence-corrected chi connectivity index (χ3v) is 11.2. The van der Waals surface area contributed by atoms with E-state index in [9.17, 15) is 28.8 Å². The highest BCUT2D eigenvalue weighted by atomic mass is 35.5. The summed E-state index contributed by atoms with van der Waals surface area (Å²) in [7, 11) is 0. The maximum atomic E-state index is 13.4. The van der Waals surface area contributed by atoms with Gasteiger partial charge in [-0.3, -0.25) is 28.8 Å². The summed E-state index contributed by atoms with van der Waals surface area (Å²) in [5.74, 6) is -4.15. The van der Waals surface area contributed by atoms with Gasteiger partial charge in [-0.25, -0.2) is 0 Å². The molecule has 0 fully saturated rings. The zero-order valence-electron chi connectivity index (χ0n) is 27.8. The van der Waals surface area contributed by atoms with E-state index in [2.05, 4.69) is 21.3 Å². The number of carbonyl (C=O) groups is 6. The average molecular weight is 889 g/mol. The van der Waals surface area contributed by atoms with E-state index in [1.54, 1.807) is 30.3 Å². The van der Waals surface area contributed by atoms with Crippen LogP contribution in [0.5, 0.6) is 0 Å². The molecule has 0 aliphatic carbocycles. The fraction of sp³-hybridized carbons (Fsp3) is 0.294. The molecule has 0 unspecified atom stereocenters. The molecular formula is C34H31Cl8N5O6. The summed E-state index contributed by atoms with van der Waals surface area (Å²) >= 11 is 49.7. The van der Waals surface area contributed by atoms with Gasteiger partial charge in [-0.05, 0) is 24.3 Å². The predicted molar refractivity (Wildman–Crippen MR) is 210 cm³/mol. The zero-order chi connectivity index (χ0) is 39.7. The lowest BCUT2D eigenvalue weighted by molar-refractivity contribution is -0.123. The summed E-state index contributed by atoms with van der Waals surface area (Å²) < 4.78 is 0. The molecule has 2 atom stereocenters. The summed E-state index contributed by atoms with van der Waals surface area (Å²) in [5, 5.41) is 7.94. The maximum Gasteiger partial charge on any atom is 0.254 e. The molecule has 3 rings (SSSR count). The zero-order valence-corrected chi connectivity index (χ0v) is 33.8. The molecule has 3 aromatic carbocycles. The smallest absolute Gasteiger partial charge is 0.254 e. The Labute approximate surface area is 344 Å². The van der Waals surface area contributed by atoms with E-state index in [-0.39, 0.29) is 89.6 Å². The summed E-state index contributed by atoms with van der Waals surface area (Å²) in [6.45, 7) is 3.58. The van der Waals surface area contributed by atoms with Gasteiger partial charge in [0.1, 0.15) is 12.1 Å². The highest BCUT2D eigenvalue weighted by molar-refractivity contribution is 6.55. The third-order valence-electron chi connectivity index (χ3n) is 7.57. The van der Waals surface area contributed by atoms with Crippen molar-refractivity contribution in [1.29, 1.82) is 0 Å². The van der Waals surface area contributed by atoms with Gasteiger partial charge in [-0.15, -0.1) is 0 Å². The van der Waals surface area contributed by atoms with Gasteiger partial charge in [0.25, 0.3) is 17.7 Å². The van der Waals surface area contributed by atoms with Crippen molar-refractivity contribution in [2.24, 2.45) is 11.7 Å². The van der Waals surface area contributed by atoms with Crippen LogP contribution in [0.4, 0.5) is 0 Å².